The number of carboxylic acid groups (broad SMARTS) is 1. The highest BCUT2D eigenvalue weighted by molar-refractivity contribution is 6.30. The third-order valence-electron chi connectivity index (χ3n) is 3.92. The van der Waals surface area contributed by atoms with Crippen molar-refractivity contribution in [3.8, 4) is 0 Å². The van der Waals surface area contributed by atoms with Crippen molar-refractivity contribution in [2.75, 3.05) is 0 Å². The Morgan fingerprint density at radius 2 is 1.80 bits per heavy atom. The van der Waals surface area contributed by atoms with E-state index in [9.17, 15) is 14.7 Å². The number of hydrogen-bond acceptors (Lipinski definition) is 2. The molecule has 1 aliphatic rings. The standard InChI is InChI=1S/C15H18ClNO3/c16-12-5-3-11(4-6-12)10-17-13(18)9-15(14(19)20)7-1-2-8-15/h3-6H,1-2,7-10H2,(H,17,18)(H,19,20). The topological polar surface area (TPSA) is 66.4 Å². The molecule has 20 heavy (non-hydrogen) atoms. The van der Waals surface area contributed by atoms with E-state index in [2.05, 4.69) is 5.32 Å². The average Bonchev–Trinajstić information content (AvgIpc) is 2.88. The van der Waals surface area contributed by atoms with Gasteiger partial charge >= 0.3 is 5.97 Å². The van der Waals surface area contributed by atoms with Crippen LogP contribution >= 0.6 is 11.6 Å². The summed E-state index contributed by atoms with van der Waals surface area (Å²) in [5.74, 6) is -1.05. The van der Waals surface area contributed by atoms with Crippen LogP contribution in [0.4, 0.5) is 0 Å². The number of carboxylic acids is 1. The Hall–Kier alpha value is -1.55. The molecule has 0 unspecified atom stereocenters. The van der Waals surface area contributed by atoms with Crippen LogP contribution in [0.2, 0.25) is 5.02 Å². The Bertz CT molecular complexity index is 492. The molecule has 1 amide bonds. The van der Waals surface area contributed by atoms with Crippen molar-refractivity contribution in [3.63, 3.8) is 0 Å². The lowest BCUT2D eigenvalue weighted by Gasteiger charge is -2.22. The summed E-state index contributed by atoms with van der Waals surface area (Å²) in [7, 11) is 0. The van der Waals surface area contributed by atoms with Gasteiger partial charge in [0.05, 0.1) is 5.41 Å². The number of amides is 1. The molecule has 2 rings (SSSR count). The average molecular weight is 296 g/mol. The van der Waals surface area contributed by atoms with Crippen LogP contribution in [0, 0.1) is 5.41 Å². The van der Waals surface area contributed by atoms with Crippen molar-refractivity contribution >= 4 is 23.5 Å². The largest absolute Gasteiger partial charge is 0.481 e. The van der Waals surface area contributed by atoms with E-state index in [0.717, 1.165) is 18.4 Å². The lowest BCUT2D eigenvalue weighted by atomic mass is 9.82. The van der Waals surface area contributed by atoms with Crippen LogP contribution in [0.3, 0.4) is 0 Å². The van der Waals surface area contributed by atoms with Crippen molar-refractivity contribution in [2.45, 2.75) is 38.6 Å². The van der Waals surface area contributed by atoms with E-state index in [1.807, 2.05) is 12.1 Å². The monoisotopic (exact) mass is 295 g/mol. The number of halogens is 1. The maximum absolute atomic E-state index is 11.9. The summed E-state index contributed by atoms with van der Waals surface area (Å²) in [5, 5.41) is 12.8. The van der Waals surface area contributed by atoms with Crippen LogP contribution in [-0.2, 0) is 16.1 Å². The fraction of sp³-hybridized carbons (Fsp3) is 0.467. The van der Waals surface area contributed by atoms with Crippen LogP contribution in [0.25, 0.3) is 0 Å². The van der Waals surface area contributed by atoms with Gasteiger partial charge in [0.25, 0.3) is 0 Å². The fourth-order valence-corrected chi connectivity index (χ4v) is 2.82. The van der Waals surface area contributed by atoms with Crippen molar-refractivity contribution in [1.29, 1.82) is 0 Å². The van der Waals surface area contributed by atoms with E-state index in [0.29, 0.717) is 24.4 Å². The van der Waals surface area contributed by atoms with Crippen molar-refractivity contribution in [2.24, 2.45) is 5.41 Å². The second-order valence-corrected chi connectivity index (χ2v) is 5.81. The summed E-state index contributed by atoms with van der Waals surface area (Å²) in [6, 6.07) is 7.20. The van der Waals surface area contributed by atoms with Gasteiger partial charge in [0.2, 0.25) is 5.91 Å². The number of carbonyl (C=O) groups is 2. The normalized spacial score (nSPS) is 16.9. The van der Waals surface area contributed by atoms with Crippen molar-refractivity contribution < 1.29 is 14.7 Å². The predicted molar refractivity (Wildman–Crippen MR) is 76.5 cm³/mol. The summed E-state index contributed by atoms with van der Waals surface area (Å²) in [4.78, 5) is 23.3. The molecule has 4 nitrogen and oxygen atoms in total. The number of hydrogen-bond donors (Lipinski definition) is 2. The number of rotatable bonds is 5. The summed E-state index contributed by atoms with van der Waals surface area (Å²) < 4.78 is 0. The highest BCUT2D eigenvalue weighted by Gasteiger charge is 2.42. The first-order valence-corrected chi connectivity index (χ1v) is 7.14. The summed E-state index contributed by atoms with van der Waals surface area (Å²) in [6.07, 6.45) is 3.02. The Morgan fingerprint density at radius 1 is 1.20 bits per heavy atom. The second-order valence-electron chi connectivity index (χ2n) is 5.37. The molecule has 1 saturated carbocycles. The molecule has 1 aromatic carbocycles. The maximum atomic E-state index is 11.9. The minimum Gasteiger partial charge on any atom is -0.481 e. The van der Waals surface area contributed by atoms with Crippen molar-refractivity contribution in [3.05, 3.63) is 34.9 Å². The SMILES string of the molecule is O=C(CC1(C(=O)O)CCCC1)NCc1ccc(Cl)cc1. The highest BCUT2D eigenvalue weighted by atomic mass is 35.5. The number of benzene rings is 1. The second kappa shape index (κ2) is 6.27. The number of carbonyl (C=O) groups excluding carboxylic acids is 1. The van der Waals surface area contributed by atoms with Gasteiger partial charge in [0, 0.05) is 18.0 Å². The van der Waals surface area contributed by atoms with E-state index in [-0.39, 0.29) is 12.3 Å². The molecule has 1 aliphatic carbocycles. The predicted octanol–water partition coefficient (Wildman–Crippen LogP) is 2.99. The summed E-state index contributed by atoms with van der Waals surface area (Å²) >= 11 is 5.79. The molecule has 0 saturated heterocycles. The van der Waals surface area contributed by atoms with Crippen LogP contribution in [0.1, 0.15) is 37.7 Å². The Balaban J connectivity index is 1.89. The molecule has 0 atom stereocenters. The van der Waals surface area contributed by atoms with E-state index in [1.165, 1.54) is 0 Å². The molecule has 0 radical (unpaired) electrons. The number of nitrogens with one attached hydrogen (secondary N) is 1. The molecule has 1 aromatic rings. The van der Waals surface area contributed by atoms with Gasteiger partial charge in [0.15, 0.2) is 0 Å². The zero-order valence-corrected chi connectivity index (χ0v) is 11.9. The van der Waals surface area contributed by atoms with Gasteiger partial charge in [-0.3, -0.25) is 9.59 Å². The van der Waals surface area contributed by atoms with Gasteiger partial charge in [-0.15, -0.1) is 0 Å². The third kappa shape index (κ3) is 3.51. The maximum Gasteiger partial charge on any atom is 0.310 e. The van der Waals surface area contributed by atoms with Gasteiger partial charge in [-0.2, -0.15) is 0 Å². The van der Waals surface area contributed by atoms with Gasteiger partial charge < -0.3 is 10.4 Å². The summed E-state index contributed by atoms with van der Waals surface area (Å²) in [5.41, 5.74) is 0.0860. The molecule has 2 N–H and O–H groups in total. The van der Waals surface area contributed by atoms with Gasteiger partial charge in [-0.05, 0) is 30.5 Å². The molecule has 5 heteroatoms. The molecule has 108 valence electrons. The van der Waals surface area contributed by atoms with Crippen molar-refractivity contribution in [1.82, 2.24) is 5.32 Å². The van der Waals surface area contributed by atoms with E-state index in [1.54, 1.807) is 12.1 Å². The van der Waals surface area contributed by atoms with Crippen LogP contribution < -0.4 is 5.32 Å². The van der Waals surface area contributed by atoms with Gasteiger partial charge in [-0.25, -0.2) is 0 Å². The smallest absolute Gasteiger partial charge is 0.310 e. The zero-order chi connectivity index (χ0) is 14.6. The minimum atomic E-state index is -0.857. The highest BCUT2D eigenvalue weighted by Crippen LogP contribution is 2.41. The van der Waals surface area contributed by atoms with E-state index < -0.39 is 11.4 Å². The Morgan fingerprint density at radius 3 is 2.35 bits per heavy atom. The lowest BCUT2D eigenvalue weighted by molar-refractivity contribution is -0.151. The quantitative estimate of drug-likeness (QED) is 0.877. The lowest BCUT2D eigenvalue weighted by Crippen LogP contribution is -2.35. The van der Waals surface area contributed by atoms with E-state index in [4.69, 9.17) is 11.6 Å². The molecule has 0 bridgehead atoms. The van der Waals surface area contributed by atoms with E-state index >= 15 is 0 Å². The molecule has 0 heterocycles. The summed E-state index contributed by atoms with van der Waals surface area (Å²) in [6.45, 7) is 0.395. The van der Waals surface area contributed by atoms with Crippen LogP contribution in [0.5, 0.6) is 0 Å². The minimum absolute atomic E-state index is 0.0654. The first-order valence-electron chi connectivity index (χ1n) is 6.76. The molecule has 0 aliphatic heterocycles. The third-order valence-corrected chi connectivity index (χ3v) is 4.17. The molecular weight excluding hydrogens is 278 g/mol. The first kappa shape index (κ1) is 14.9. The van der Waals surface area contributed by atoms with Crippen LogP contribution in [-0.4, -0.2) is 17.0 Å². The fourth-order valence-electron chi connectivity index (χ4n) is 2.69. The molecule has 0 spiro atoms. The van der Waals surface area contributed by atoms with Gasteiger partial charge in [-0.1, -0.05) is 36.6 Å². The molecule has 1 fully saturated rings. The zero-order valence-electron chi connectivity index (χ0n) is 11.2. The number of aliphatic carboxylic acids is 1. The Labute approximate surface area is 123 Å². The Kier molecular flexibility index (Phi) is 4.65. The molecule has 0 aromatic heterocycles. The first-order chi connectivity index (χ1) is 9.52. The van der Waals surface area contributed by atoms with Gasteiger partial charge in [0.1, 0.15) is 0 Å². The molecular formula is C15H18ClNO3. The van der Waals surface area contributed by atoms with Crippen LogP contribution in [0.15, 0.2) is 24.3 Å².